The summed E-state index contributed by atoms with van der Waals surface area (Å²) in [5, 5.41) is 12.0. The Labute approximate surface area is 121 Å². The number of aliphatic hydroxyl groups is 1. The number of hydrogen-bond donors (Lipinski definition) is 2. The maximum atomic E-state index is 11.8. The maximum Gasteiger partial charge on any atom is 0.223 e. The zero-order valence-corrected chi connectivity index (χ0v) is 12.8. The molecule has 4 nitrogen and oxygen atoms in total. The van der Waals surface area contributed by atoms with Crippen molar-refractivity contribution in [3.05, 3.63) is 29.3 Å². The lowest BCUT2D eigenvalue weighted by atomic mass is 10.1. The van der Waals surface area contributed by atoms with Crippen molar-refractivity contribution in [1.82, 2.24) is 5.32 Å². The Balaban J connectivity index is 2.40. The molecule has 0 unspecified atom stereocenters. The van der Waals surface area contributed by atoms with E-state index in [1.54, 1.807) is 0 Å². The van der Waals surface area contributed by atoms with Gasteiger partial charge in [-0.3, -0.25) is 4.79 Å². The Hall–Kier alpha value is -1.55. The minimum atomic E-state index is -0.191. The van der Waals surface area contributed by atoms with Gasteiger partial charge in [0.15, 0.2) is 0 Å². The molecule has 1 aromatic rings. The quantitative estimate of drug-likeness (QED) is 0.804. The number of carbonyl (C=O) groups excluding carboxylic acids is 1. The molecule has 0 fully saturated rings. The van der Waals surface area contributed by atoms with Crippen LogP contribution in [0.4, 0.5) is 0 Å². The van der Waals surface area contributed by atoms with Crippen molar-refractivity contribution in [2.24, 2.45) is 5.92 Å². The number of carbonyl (C=O) groups is 1. The van der Waals surface area contributed by atoms with Crippen molar-refractivity contribution in [2.45, 2.75) is 40.2 Å². The van der Waals surface area contributed by atoms with Crippen LogP contribution < -0.4 is 10.1 Å². The second-order valence-electron chi connectivity index (χ2n) is 5.47. The van der Waals surface area contributed by atoms with Crippen molar-refractivity contribution in [1.29, 1.82) is 0 Å². The molecule has 1 atom stereocenters. The minimum absolute atomic E-state index is 0.0404. The van der Waals surface area contributed by atoms with Gasteiger partial charge in [-0.25, -0.2) is 0 Å². The van der Waals surface area contributed by atoms with Crippen LogP contribution >= 0.6 is 0 Å². The van der Waals surface area contributed by atoms with Crippen LogP contribution in [-0.4, -0.2) is 30.3 Å². The van der Waals surface area contributed by atoms with Crippen LogP contribution in [0.3, 0.4) is 0 Å². The molecule has 0 aliphatic carbocycles. The molecule has 0 spiro atoms. The number of nitrogens with one attached hydrogen (secondary N) is 1. The molecule has 0 saturated heterocycles. The first-order chi connectivity index (χ1) is 9.43. The molecule has 4 heteroatoms. The SMILES string of the molecule is Cc1ccc(C)c(OCCC(=O)N[C@H](CO)C(C)C)c1. The lowest BCUT2D eigenvalue weighted by molar-refractivity contribution is -0.122. The Morgan fingerprint density at radius 1 is 1.35 bits per heavy atom. The fourth-order valence-corrected chi connectivity index (χ4v) is 1.82. The average Bonchev–Trinajstić information content (AvgIpc) is 2.39. The van der Waals surface area contributed by atoms with E-state index < -0.39 is 0 Å². The molecule has 0 aromatic heterocycles. The highest BCUT2D eigenvalue weighted by Crippen LogP contribution is 2.19. The number of hydrogen-bond acceptors (Lipinski definition) is 3. The Bertz CT molecular complexity index is 443. The average molecular weight is 279 g/mol. The predicted molar refractivity (Wildman–Crippen MR) is 79.9 cm³/mol. The van der Waals surface area contributed by atoms with Crippen molar-refractivity contribution in [2.75, 3.05) is 13.2 Å². The Morgan fingerprint density at radius 3 is 2.65 bits per heavy atom. The van der Waals surface area contributed by atoms with Gasteiger partial charge in [-0.05, 0) is 37.0 Å². The summed E-state index contributed by atoms with van der Waals surface area (Å²) in [5.41, 5.74) is 2.20. The number of benzene rings is 1. The third kappa shape index (κ3) is 5.21. The molecule has 2 N–H and O–H groups in total. The number of rotatable bonds is 7. The van der Waals surface area contributed by atoms with Crippen molar-refractivity contribution < 1.29 is 14.6 Å². The fraction of sp³-hybridized carbons (Fsp3) is 0.562. The Morgan fingerprint density at radius 2 is 2.05 bits per heavy atom. The van der Waals surface area contributed by atoms with E-state index in [1.807, 2.05) is 45.9 Å². The summed E-state index contributed by atoms with van der Waals surface area (Å²) in [6.07, 6.45) is 0.288. The molecular formula is C16H25NO3. The van der Waals surface area contributed by atoms with E-state index in [0.717, 1.165) is 16.9 Å². The first kappa shape index (κ1) is 16.5. The largest absolute Gasteiger partial charge is 0.493 e. The minimum Gasteiger partial charge on any atom is -0.493 e. The molecule has 0 aliphatic heterocycles. The van der Waals surface area contributed by atoms with Crippen LogP contribution in [0, 0.1) is 19.8 Å². The van der Waals surface area contributed by atoms with Gasteiger partial charge in [0.2, 0.25) is 5.91 Å². The highest BCUT2D eigenvalue weighted by molar-refractivity contribution is 5.76. The summed E-state index contributed by atoms with van der Waals surface area (Å²) in [6.45, 7) is 8.22. The molecular weight excluding hydrogens is 254 g/mol. The van der Waals surface area contributed by atoms with Gasteiger partial charge in [-0.15, -0.1) is 0 Å². The maximum absolute atomic E-state index is 11.8. The molecule has 20 heavy (non-hydrogen) atoms. The van der Waals surface area contributed by atoms with Crippen molar-refractivity contribution in [3.8, 4) is 5.75 Å². The van der Waals surface area contributed by atoms with Crippen LogP contribution in [-0.2, 0) is 4.79 Å². The lowest BCUT2D eigenvalue weighted by Gasteiger charge is -2.20. The Kier molecular flexibility index (Phi) is 6.52. The molecule has 1 amide bonds. The highest BCUT2D eigenvalue weighted by Gasteiger charge is 2.14. The molecule has 1 aromatic carbocycles. The standard InChI is InChI=1S/C16H25NO3/c1-11(2)14(10-18)17-16(19)7-8-20-15-9-12(3)5-6-13(15)4/h5-6,9,11,14,18H,7-8,10H2,1-4H3,(H,17,19)/t14-/m1/s1. The number of aryl methyl sites for hydroxylation is 2. The topological polar surface area (TPSA) is 58.6 Å². The van der Waals surface area contributed by atoms with E-state index in [1.165, 1.54) is 0 Å². The summed E-state index contributed by atoms with van der Waals surface area (Å²) >= 11 is 0. The molecule has 112 valence electrons. The van der Waals surface area contributed by atoms with E-state index in [-0.39, 0.29) is 30.9 Å². The van der Waals surface area contributed by atoms with Crippen molar-refractivity contribution in [3.63, 3.8) is 0 Å². The summed E-state index contributed by atoms with van der Waals surface area (Å²) in [5.74, 6) is 0.937. The van der Waals surface area contributed by atoms with Crippen LogP contribution in [0.2, 0.25) is 0 Å². The lowest BCUT2D eigenvalue weighted by Crippen LogP contribution is -2.41. The summed E-state index contributed by atoms with van der Waals surface area (Å²) in [6, 6.07) is 5.82. The zero-order valence-electron chi connectivity index (χ0n) is 12.8. The van der Waals surface area contributed by atoms with Crippen molar-refractivity contribution >= 4 is 5.91 Å². The van der Waals surface area contributed by atoms with Crippen LogP contribution in [0.25, 0.3) is 0 Å². The second kappa shape index (κ2) is 7.90. The summed E-state index contributed by atoms with van der Waals surface area (Å²) in [7, 11) is 0. The van der Waals surface area contributed by atoms with Gasteiger partial charge in [0.25, 0.3) is 0 Å². The van der Waals surface area contributed by atoms with Crippen LogP contribution in [0.15, 0.2) is 18.2 Å². The normalized spacial score (nSPS) is 12.3. The number of ether oxygens (including phenoxy) is 1. The monoisotopic (exact) mass is 279 g/mol. The van der Waals surface area contributed by atoms with E-state index in [9.17, 15) is 4.79 Å². The van der Waals surface area contributed by atoms with Gasteiger partial charge < -0.3 is 15.2 Å². The third-order valence-electron chi connectivity index (χ3n) is 3.28. The first-order valence-corrected chi connectivity index (χ1v) is 7.04. The van der Waals surface area contributed by atoms with Gasteiger partial charge in [-0.2, -0.15) is 0 Å². The van der Waals surface area contributed by atoms with Crippen LogP contribution in [0.5, 0.6) is 5.75 Å². The summed E-state index contributed by atoms with van der Waals surface area (Å²) in [4.78, 5) is 11.8. The van der Waals surface area contributed by atoms with Gasteiger partial charge in [-0.1, -0.05) is 26.0 Å². The second-order valence-corrected chi connectivity index (χ2v) is 5.47. The van der Waals surface area contributed by atoms with E-state index in [4.69, 9.17) is 9.84 Å². The van der Waals surface area contributed by atoms with Gasteiger partial charge in [0.1, 0.15) is 5.75 Å². The molecule has 0 bridgehead atoms. The van der Waals surface area contributed by atoms with Gasteiger partial charge in [0.05, 0.1) is 25.7 Å². The summed E-state index contributed by atoms with van der Waals surface area (Å²) < 4.78 is 5.64. The molecule has 0 saturated carbocycles. The number of aliphatic hydroxyl groups excluding tert-OH is 1. The molecule has 0 aliphatic rings. The van der Waals surface area contributed by atoms with E-state index >= 15 is 0 Å². The van der Waals surface area contributed by atoms with E-state index in [0.29, 0.717) is 6.61 Å². The highest BCUT2D eigenvalue weighted by atomic mass is 16.5. The molecule has 0 heterocycles. The van der Waals surface area contributed by atoms with Crippen LogP contribution in [0.1, 0.15) is 31.4 Å². The molecule has 0 radical (unpaired) electrons. The molecule has 1 rings (SSSR count). The zero-order chi connectivity index (χ0) is 15.1. The number of amides is 1. The fourth-order valence-electron chi connectivity index (χ4n) is 1.82. The van der Waals surface area contributed by atoms with E-state index in [2.05, 4.69) is 5.32 Å². The van der Waals surface area contributed by atoms with Gasteiger partial charge in [0, 0.05) is 0 Å². The third-order valence-corrected chi connectivity index (χ3v) is 3.28. The predicted octanol–water partition coefficient (Wildman–Crippen LogP) is 2.21. The first-order valence-electron chi connectivity index (χ1n) is 7.04. The van der Waals surface area contributed by atoms with Gasteiger partial charge >= 0.3 is 0 Å². The smallest absolute Gasteiger partial charge is 0.223 e.